The van der Waals surface area contributed by atoms with Crippen LogP contribution in [0.5, 0.6) is 0 Å². The van der Waals surface area contributed by atoms with Crippen molar-refractivity contribution < 1.29 is 24.0 Å². The molecule has 0 aromatic heterocycles. The first kappa shape index (κ1) is 22.8. The molecule has 176 valence electrons. The summed E-state index contributed by atoms with van der Waals surface area (Å²) in [5.74, 6) is -1.70. The van der Waals surface area contributed by atoms with E-state index in [4.69, 9.17) is 0 Å². The fourth-order valence-electron chi connectivity index (χ4n) is 4.49. The summed E-state index contributed by atoms with van der Waals surface area (Å²) >= 11 is 0. The lowest BCUT2D eigenvalue weighted by Gasteiger charge is -2.33. The quantitative estimate of drug-likeness (QED) is 0.575. The summed E-state index contributed by atoms with van der Waals surface area (Å²) in [5.41, 5.74) is 1.05. The number of carbonyl (C=O) groups is 5. The van der Waals surface area contributed by atoms with E-state index < -0.39 is 29.7 Å². The minimum Gasteiger partial charge on any atom is -0.382 e. The molecule has 10 heteroatoms. The Morgan fingerprint density at radius 2 is 1.82 bits per heavy atom. The van der Waals surface area contributed by atoms with Crippen molar-refractivity contribution >= 4 is 35.3 Å². The van der Waals surface area contributed by atoms with E-state index in [0.29, 0.717) is 44.1 Å². The lowest BCUT2D eigenvalue weighted by Crippen LogP contribution is -2.54. The molecule has 0 spiro atoms. The number of hydrogen-bond donors (Lipinski definition) is 3. The van der Waals surface area contributed by atoms with E-state index >= 15 is 0 Å². The van der Waals surface area contributed by atoms with Gasteiger partial charge in [-0.2, -0.15) is 0 Å². The van der Waals surface area contributed by atoms with Gasteiger partial charge in [-0.15, -0.1) is 0 Å². The Kier molecular flexibility index (Phi) is 6.35. The number of urea groups is 1. The third-order valence-corrected chi connectivity index (χ3v) is 6.27. The lowest BCUT2D eigenvalue weighted by atomic mass is 10.0. The second kappa shape index (κ2) is 9.21. The topological polar surface area (TPSA) is 128 Å². The number of carbonyl (C=O) groups excluding carboxylic acids is 5. The molecule has 0 bridgehead atoms. The number of fused-ring (bicyclic) bond motifs is 1. The number of likely N-dealkylation sites (tertiary alicyclic amines) is 1. The van der Waals surface area contributed by atoms with Crippen LogP contribution in [0.3, 0.4) is 0 Å². The van der Waals surface area contributed by atoms with E-state index in [9.17, 15) is 24.0 Å². The van der Waals surface area contributed by atoms with Crippen molar-refractivity contribution in [3.05, 3.63) is 29.3 Å². The molecule has 0 saturated carbocycles. The molecule has 3 aliphatic rings. The summed E-state index contributed by atoms with van der Waals surface area (Å²) in [6.45, 7) is 5.90. The Morgan fingerprint density at radius 3 is 2.48 bits per heavy atom. The van der Waals surface area contributed by atoms with Crippen LogP contribution in [0.2, 0.25) is 0 Å². The third kappa shape index (κ3) is 4.55. The van der Waals surface area contributed by atoms with Gasteiger partial charge in [0.05, 0.1) is 11.1 Å². The van der Waals surface area contributed by atoms with Crippen molar-refractivity contribution in [2.24, 2.45) is 5.92 Å². The second-order valence-electron chi connectivity index (χ2n) is 9.16. The number of benzene rings is 1. The number of nitrogens with one attached hydrogen (secondary N) is 3. The van der Waals surface area contributed by atoms with Crippen molar-refractivity contribution in [3.8, 4) is 0 Å². The predicted molar refractivity (Wildman–Crippen MR) is 120 cm³/mol. The molecule has 1 aromatic rings. The summed E-state index contributed by atoms with van der Waals surface area (Å²) in [5, 5.41) is 8.51. The van der Waals surface area contributed by atoms with E-state index in [0.717, 1.165) is 4.90 Å². The Bertz CT molecular complexity index is 999. The van der Waals surface area contributed by atoms with Gasteiger partial charge in [0.1, 0.15) is 6.04 Å². The summed E-state index contributed by atoms with van der Waals surface area (Å²) in [6.07, 6.45) is 1.62. The molecule has 1 unspecified atom stereocenters. The minimum absolute atomic E-state index is 0.0400. The molecule has 3 aliphatic heterocycles. The monoisotopic (exact) mass is 455 g/mol. The number of amides is 6. The molecule has 2 fully saturated rings. The number of rotatable bonds is 5. The average Bonchev–Trinajstić information content (AvgIpc) is 3.04. The molecule has 4 rings (SSSR count). The van der Waals surface area contributed by atoms with Gasteiger partial charge in [0, 0.05) is 37.8 Å². The van der Waals surface area contributed by atoms with Crippen molar-refractivity contribution in [1.82, 2.24) is 20.4 Å². The highest BCUT2D eigenvalue weighted by Gasteiger charge is 2.45. The predicted octanol–water partition coefficient (Wildman–Crippen LogP) is 1.33. The molecule has 10 nitrogen and oxygen atoms in total. The first-order valence-electron chi connectivity index (χ1n) is 11.4. The Balaban J connectivity index is 1.43. The third-order valence-electron chi connectivity index (χ3n) is 6.27. The highest BCUT2D eigenvalue weighted by Crippen LogP contribution is 2.33. The molecule has 2 saturated heterocycles. The van der Waals surface area contributed by atoms with Crippen LogP contribution in [0.1, 0.15) is 60.2 Å². The number of hydrogen-bond acceptors (Lipinski definition) is 6. The fraction of sp³-hybridized carbons (Fsp3) is 0.522. The van der Waals surface area contributed by atoms with E-state index in [1.165, 1.54) is 0 Å². The maximum Gasteiger partial charge on any atom is 0.317 e. The van der Waals surface area contributed by atoms with Crippen LogP contribution in [-0.4, -0.2) is 71.2 Å². The van der Waals surface area contributed by atoms with Crippen LogP contribution in [0.15, 0.2) is 18.2 Å². The van der Waals surface area contributed by atoms with Gasteiger partial charge in [-0.3, -0.25) is 29.4 Å². The zero-order valence-corrected chi connectivity index (χ0v) is 18.8. The Hall–Kier alpha value is -3.43. The van der Waals surface area contributed by atoms with Gasteiger partial charge in [-0.05, 0) is 37.3 Å². The van der Waals surface area contributed by atoms with Crippen molar-refractivity contribution in [3.63, 3.8) is 0 Å². The molecule has 1 atom stereocenters. The maximum absolute atomic E-state index is 13.2. The van der Waals surface area contributed by atoms with Crippen LogP contribution >= 0.6 is 0 Å². The normalized spacial score (nSPS) is 21.4. The van der Waals surface area contributed by atoms with E-state index in [-0.39, 0.29) is 36.0 Å². The van der Waals surface area contributed by atoms with Gasteiger partial charge in [0.15, 0.2) is 0 Å². The molecule has 1 aromatic carbocycles. The highest BCUT2D eigenvalue weighted by molar-refractivity contribution is 6.25. The van der Waals surface area contributed by atoms with Crippen LogP contribution in [0.25, 0.3) is 0 Å². The standard InChI is InChI=1S/C23H29N5O5/c1-13(2)12-24-23(33)27-10-8-14(9-11-27)25-16-5-3-4-15-19(16)22(32)28(21(15)31)17-6-7-18(29)26-20(17)30/h3-5,13-14,17,25H,6-12H2,1-2H3,(H,24,33)(H,26,29,30). The smallest absolute Gasteiger partial charge is 0.317 e. The van der Waals surface area contributed by atoms with Gasteiger partial charge in [-0.25, -0.2) is 4.79 Å². The van der Waals surface area contributed by atoms with Gasteiger partial charge in [0.2, 0.25) is 11.8 Å². The summed E-state index contributed by atoms with van der Waals surface area (Å²) in [6, 6.07) is 4.01. The largest absolute Gasteiger partial charge is 0.382 e. The first-order chi connectivity index (χ1) is 15.8. The van der Waals surface area contributed by atoms with Gasteiger partial charge >= 0.3 is 6.03 Å². The van der Waals surface area contributed by atoms with Crippen LogP contribution in [0.4, 0.5) is 10.5 Å². The summed E-state index contributed by atoms with van der Waals surface area (Å²) in [7, 11) is 0. The SMILES string of the molecule is CC(C)CNC(=O)N1CCC(Nc2cccc3c2C(=O)N(C2CCC(=O)NC2=O)C3=O)CC1. The molecular formula is C23H29N5O5. The van der Waals surface area contributed by atoms with Gasteiger partial charge in [-0.1, -0.05) is 19.9 Å². The van der Waals surface area contributed by atoms with Crippen LogP contribution in [0, 0.1) is 5.92 Å². The first-order valence-corrected chi connectivity index (χ1v) is 11.4. The molecular weight excluding hydrogens is 426 g/mol. The number of piperidine rings is 2. The highest BCUT2D eigenvalue weighted by atomic mass is 16.2. The molecule has 3 N–H and O–H groups in total. The Morgan fingerprint density at radius 1 is 1.09 bits per heavy atom. The molecule has 0 aliphatic carbocycles. The number of nitrogens with zero attached hydrogens (tertiary/aromatic N) is 2. The van der Waals surface area contributed by atoms with Crippen molar-refractivity contribution in [2.45, 2.75) is 51.6 Å². The molecule has 0 radical (unpaired) electrons. The maximum atomic E-state index is 13.2. The second-order valence-corrected chi connectivity index (χ2v) is 9.16. The molecule has 33 heavy (non-hydrogen) atoms. The molecule has 3 heterocycles. The zero-order valence-electron chi connectivity index (χ0n) is 18.8. The van der Waals surface area contributed by atoms with E-state index in [2.05, 4.69) is 16.0 Å². The van der Waals surface area contributed by atoms with E-state index in [1.807, 2.05) is 13.8 Å². The molecule has 6 amide bonds. The van der Waals surface area contributed by atoms with Crippen molar-refractivity contribution in [1.29, 1.82) is 0 Å². The van der Waals surface area contributed by atoms with Crippen LogP contribution in [-0.2, 0) is 9.59 Å². The summed E-state index contributed by atoms with van der Waals surface area (Å²) < 4.78 is 0. The number of anilines is 1. The van der Waals surface area contributed by atoms with E-state index in [1.54, 1.807) is 23.1 Å². The lowest BCUT2D eigenvalue weighted by molar-refractivity contribution is -0.136. The zero-order chi connectivity index (χ0) is 23.7. The minimum atomic E-state index is -0.990. The average molecular weight is 456 g/mol. The van der Waals surface area contributed by atoms with Gasteiger partial charge < -0.3 is 15.5 Å². The van der Waals surface area contributed by atoms with Crippen LogP contribution < -0.4 is 16.0 Å². The van der Waals surface area contributed by atoms with Crippen molar-refractivity contribution in [2.75, 3.05) is 25.0 Å². The fourth-order valence-corrected chi connectivity index (χ4v) is 4.49. The Labute approximate surface area is 192 Å². The number of imide groups is 2. The summed E-state index contributed by atoms with van der Waals surface area (Å²) in [4.78, 5) is 65.0. The van der Waals surface area contributed by atoms with Gasteiger partial charge in [0.25, 0.3) is 11.8 Å².